The van der Waals surface area contributed by atoms with Gasteiger partial charge in [0.15, 0.2) is 29.6 Å². The van der Waals surface area contributed by atoms with Crippen LogP contribution in [0.4, 0.5) is 17.6 Å². The molecule has 4 unspecified atom stereocenters. The van der Waals surface area contributed by atoms with Gasteiger partial charge in [-0.3, -0.25) is 0 Å². The number of carbonyl (C=O) groups is 1. The van der Waals surface area contributed by atoms with Crippen molar-refractivity contribution in [3.05, 3.63) is 69.8 Å². The van der Waals surface area contributed by atoms with Crippen LogP contribution < -0.4 is 0 Å². The second-order valence-electron chi connectivity index (χ2n) is 15.7. The zero-order chi connectivity index (χ0) is 37.9. The lowest BCUT2D eigenvalue weighted by Crippen LogP contribution is -2.44. The Morgan fingerprint density at radius 3 is 1.51 bits per heavy atom. The van der Waals surface area contributed by atoms with Gasteiger partial charge < -0.3 is 34.0 Å². The number of halogens is 4. The highest BCUT2D eigenvalue weighted by Gasteiger charge is 2.38. The summed E-state index contributed by atoms with van der Waals surface area (Å²) < 4.78 is 76.1. The molecule has 0 aromatic heterocycles. The number of fused-ring (bicyclic) bond motifs is 2. The van der Waals surface area contributed by atoms with Crippen LogP contribution in [-0.4, -0.2) is 74.6 Å². The predicted octanol–water partition coefficient (Wildman–Crippen LogP) is 7.33. The monoisotopic (exact) mass is 750 g/mol. The van der Waals surface area contributed by atoms with Crippen LogP contribution >= 0.6 is 0 Å². The zero-order valence-electron chi connectivity index (χ0n) is 31.3. The minimum atomic E-state index is -0.828. The SMILES string of the molecule is CCCC1CCC(C(CO)CO)OC1.CCCC1CCC(C2COC(C3Cc4cc(F)c(F)cc4C3)OC2)OC1.O=CC1Cc2cc(F)c(F)cc2C1. The molecule has 7 nitrogen and oxygen atoms in total. The quantitative estimate of drug-likeness (QED) is 0.194. The second-order valence-corrected chi connectivity index (χ2v) is 15.7. The van der Waals surface area contributed by atoms with Gasteiger partial charge >= 0.3 is 0 Å². The smallest absolute Gasteiger partial charge is 0.161 e. The maximum absolute atomic E-state index is 13.4. The largest absolute Gasteiger partial charge is 0.396 e. The fourth-order valence-corrected chi connectivity index (χ4v) is 8.56. The molecule has 3 fully saturated rings. The Morgan fingerprint density at radius 2 is 1.11 bits per heavy atom. The van der Waals surface area contributed by atoms with Crippen LogP contribution in [0.1, 0.15) is 87.5 Å². The van der Waals surface area contributed by atoms with Crippen molar-refractivity contribution >= 4 is 6.29 Å². The molecule has 11 heteroatoms. The molecule has 3 saturated heterocycles. The standard InChI is InChI=1S/C21H28F2O3.C11H22O3.C10H8F2O/c1-2-3-13-4-5-20(24-10-13)17-11-25-21(26-12-17)16-6-14-8-18(22)19(23)9-15(14)7-16;1-2-3-9-4-5-11(14-8-9)10(6-12)7-13;11-9-3-7-1-6(5-13)2-8(7)4-10(9)12/h8-9,13,16-17,20-21H,2-7,10-12H2,1H3;9-13H,2-8H2,1H3;3-6H,1-2H2. The molecule has 5 aliphatic rings. The normalized spacial score (nSPS) is 27.3. The lowest BCUT2D eigenvalue weighted by Gasteiger charge is -2.39. The number of benzene rings is 2. The molecule has 53 heavy (non-hydrogen) atoms. The van der Waals surface area contributed by atoms with E-state index in [1.807, 2.05) is 0 Å². The fourth-order valence-electron chi connectivity index (χ4n) is 8.56. The molecule has 7 rings (SSSR count). The summed E-state index contributed by atoms with van der Waals surface area (Å²) >= 11 is 0. The highest BCUT2D eigenvalue weighted by atomic mass is 19.2. The molecule has 296 valence electrons. The first-order valence-corrected chi connectivity index (χ1v) is 19.7. The van der Waals surface area contributed by atoms with Gasteiger partial charge in [0.1, 0.15) is 6.29 Å². The van der Waals surface area contributed by atoms with E-state index in [4.69, 9.17) is 29.2 Å². The molecule has 0 radical (unpaired) electrons. The topological polar surface area (TPSA) is 94.5 Å². The molecule has 0 amide bonds. The molecule has 0 saturated carbocycles. The molecule has 2 aromatic carbocycles. The van der Waals surface area contributed by atoms with Crippen molar-refractivity contribution in [1.29, 1.82) is 0 Å². The number of ether oxygens (including phenoxy) is 4. The average molecular weight is 751 g/mol. The minimum absolute atomic E-state index is 0.0274. The number of aliphatic hydroxyl groups is 2. The Labute approximate surface area is 311 Å². The number of aliphatic hydroxyl groups excluding tert-OH is 2. The van der Waals surface area contributed by atoms with Crippen LogP contribution in [0.2, 0.25) is 0 Å². The van der Waals surface area contributed by atoms with Crippen molar-refractivity contribution in [3.63, 3.8) is 0 Å². The Bertz CT molecular complexity index is 1370. The lowest BCUT2D eigenvalue weighted by molar-refractivity contribution is -0.241. The molecule has 3 aliphatic heterocycles. The third-order valence-corrected chi connectivity index (χ3v) is 11.7. The van der Waals surface area contributed by atoms with E-state index in [1.54, 1.807) is 0 Å². The Morgan fingerprint density at radius 1 is 0.642 bits per heavy atom. The first-order chi connectivity index (χ1) is 25.7. The number of hydrogen-bond donors (Lipinski definition) is 2. The summed E-state index contributed by atoms with van der Waals surface area (Å²) in [6, 6.07) is 5.01. The summed E-state index contributed by atoms with van der Waals surface area (Å²) in [7, 11) is 0. The number of aldehydes is 1. The van der Waals surface area contributed by atoms with Crippen LogP contribution in [0, 0.1) is 58.8 Å². The Balaban J connectivity index is 0.000000169. The van der Waals surface area contributed by atoms with Crippen molar-refractivity contribution in [3.8, 4) is 0 Å². The van der Waals surface area contributed by atoms with E-state index < -0.39 is 23.3 Å². The molecule has 0 spiro atoms. The van der Waals surface area contributed by atoms with E-state index in [-0.39, 0.29) is 55.4 Å². The molecular weight excluding hydrogens is 692 g/mol. The van der Waals surface area contributed by atoms with Crippen molar-refractivity contribution in [2.75, 3.05) is 39.6 Å². The number of rotatable bonds is 10. The van der Waals surface area contributed by atoms with Gasteiger partial charge in [-0.1, -0.05) is 26.7 Å². The van der Waals surface area contributed by atoms with Crippen LogP contribution in [0.25, 0.3) is 0 Å². The van der Waals surface area contributed by atoms with Crippen molar-refractivity contribution < 1.29 is 51.5 Å². The summed E-state index contributed by atoms with van der Waals surface area (Å²) in [5, 5.41) is 18.0. The fraction of sp³-hybridized carbons (Fsp3) is 0.690. The average Bonchev–Trinajstić information content (AvgIpc) is 3.77. The third-order valence-electron chi connectivity index (χ3n) is 11.7. The highest BCUT2D eigenvalue weighted by Crippen LogP contribution is 2.36. The van der Waals surface area contributed by atoms with Gasteiger partial charge in [-0.05, 0) is 123 Å². The maximum atomic E-state index is 13.4. The van der Waals surface area contributed by atoms with E-state index in [1.165, 1.54) is 62.8 Å². The molecular formula is C42H58F4O7. The minimum Gasteiger partial charge on any atom is -0.396 e. The van der Waals surface area contributed by atoms with E-state index >= 15 is 0 Å². The summed E-state index contributed by atoms with van der Waals surface area (Å²) in [4.78, 5) is 10.5. The van der Waals surface area contributed by atoms with E-state index in [0.29, 0.717) is 50.7 Å². The van der Waals surface area contributed by atoms with Crippen LogP contribution in [0.15, 0.2) is 24.3 Å². The van der Waals surface area contributed by atoms with Gasteiger partial charge in [-0.25, -0.2) is 17.6 Å². The van der Waals surface area contributed by atoms with Gasteiger partial charge in [-0.2, -0.15) is 0 Å². The van der Waals surface area contributed by atoms with Crippen LogP contribution in [-0.2, 0) is 49.4 Å². The first kappa shape index (κ1) is 41.7. The van der Waals surface area contributed by atoms with E-state index in [9.17, 15) is 22.4 Å². The number of hydrogen-bond acceptors (Lipinski definition) is 7. The lowest BCUT2D eigenvalue weighted by atomic mass is 9.89. The Hall–Kier alpha value is -2.41. The van der Waals surface area contributed by atoms with Gasteiger partial charge in [0.25, 0.3) is 0 Å². The molecule has 2 N–H and O–H groups in total. The summed E-state index contributed by atoms with van der Waals surface area (Å²) in [6.07, 6.45) is 12.7. The Kier molecular flexibility index (Phi) is 16.1. The van der Waals surface area contributed by atoms with Crippen molar-refractivity contribution in [2.45, 2.75) is 109 Å². The van der Waals surface area contributed by atoms with E-state index in [2.05, 4.69) is 13.8 Å². The van der Waals surface area contributed by atoms with Crippen molar-refractivity contribution in [1.82, 2.24) is 0 Å². The molecule has 2 aliphatic carbocycles. The van der Waals surface area contributed by atoms with Gasteiger partial charge in [0.05, 0.1) is 38.6 Å². The highest BCUT2D eigenvalue weighted by molar-refractivity contribution is 5.58. The number of carbonyl (C=O) groups excluding carboxylic acids is 1. The third kappa shape index (κ3) is 11.3. The van der Waals surface area contributed by atoms with Gasteiger partial charge in [0, 0.05) is 36.9 Å². The van der Waals surface area contributed by atoms with Crippen molar-refractivity contribution in [2.24, 2.45) is 35.5 Å². The van der Waals surface area contributed by atoms with Crippen LogP contribution in [0.5, 0.6) is 0 Å². The molecule has 4 atom stereocenters. The zero-order valence-corrected chi connectivity index (χ0v) is 31.3. The van der Waals surface area contributed by atoms with Crippen LogP contribution in [0.3, 0.4) is 0 Å². The summed E-state index contributed by atoms with van der Waals surface area (Å²) in [5.41, 5.74) is 3.27. The predicted molar refractivity (Wildman–Crippen MR) is 192 cm³/mol. The summed E-state index contributed by atoms with van der Waals surface area (Å²) in [6.45, 7) is 7.41. The van der Waals surface area contributed by atoms with E-state index in [0.717, 1.165) is 54.6 Å². The van der Waals surface area contributed by atoms with Gasteiger partial charge in [-0.15, -0.1) is 0 Å². The second kappa shape index (κ2) is 20.5. The van der Waals surface area contributed by atoms with Gasteiger partial charge in [0.2, 0.25) is 0 Å². The maximum Gasteiger partial charge on any atom is 0.161 e. The first-order valence-electron chi connectivity index (χ1n) is 19.7. The molecule has 2 aromatic rings. The molecule has 0 bridgehead atoms. The molecule has 3 heterocycles. The summed E-state index contributed by atoms with van der Waals surface area (Å²) in [5.74, 6) is -1.58.